The first-order valence-electron chi connectivity index (χ1n) is 5.37. The van der Waals surface area contributed by atoms with Crippen LogP contribution in [0.15, 0.2) is 0 Å². The van der Waals surface area contributed by atoms with Crippen molar-refractivity contribution in [3.63, 3.8) is 0 Å². The van der Waals surface area contributed by atoms with E-state index in [9.17, 15) is 0 Å². The number of hydrogen-bond donors (Lipinski definition) is 1. The smallest absolute Gasteiger partial charge is 0.0247 e. The third kappa shape index (κ3) is 1.64. The van der Waals surface area contributed by atoms with Gasteiger partial charge >= 0.3 is 0 Å². The summed E-state index contributed by atoms with van der Waals surface area (Å²) in [5.74, 6) is 0. The third-order valence-electron chi connectivity index (χ3n) is 3.39. The molecule has 1 aliphatic carbocycles. The van der Waals surface area contributed by atoms with E-state index in [-0.39, 0.29) is 0 Å². The average molecular weight is 168 g/mol. The lowest BCUT2D eigenvalue weighted by Gasteiger charge is -2.35. The maximum atomic E-state index is 6.12. The number of nitrogens with two attached hydrogens (primary N) is 1. The molecule has 1 saturated carbocycles. The Kier molecular flexibility index (Phi) is 2.66. The molecule has 0 radical (unpaired) electrons. The number of likely N-dealkylation sites (tertiary alicyclic amines) is 1. The second kappa shape index (κ2) is 3.75. The van der Waals surface area contributed by atoms with E-state index in [1.54, 1.807) is 0 Å². The topological polar surface area (TPSA) is 29.3 Å². The Morgan fingerprint density at radius 2 is 1.58 bits per heavy atom. The highest BCUT2D eigenvalue weighted by Crippen LogP contribution is 2.24. The molecule has 0 bridgehead atoms. The van der Waals surface area contributed by atoms with Gasteiger partial charge in [-0.3, -0.25) is 4.90 Å². The minimum absolute atomic E-state index is 0.469. The van der Waals surface area contributed by atoms with Crippen molar-refractivity contribution in [2.75, 3.05) is 13.1 Å². The van der Waals surface area contributed by atoms with Crippen LogP contribution in [-0.2, 0) is 0 Å². The molecular weight excluding hydrogens is 148 g/mol. The van der Waals surface area contributed by atoms with Gasteiger partial charge in [0.25, 0.3) is 0 Å². The van der Waals surface area contributed by atoms with Gasteiger partial charge in [-0.25, -0.2) is 0 Å². The standard InChI is InChI=1S/C10H20N2/c11-9-5-1-2-6-10(9)12-7-3-4-8-12/h9-10H,1-8,11H2. The van der Waals surface area contributed by atoms with Crippen LogP contribution in [0.1, 0.15) is 38.5 Å². The van der Waals surface area contributed by atoms with Crippen LogP contribution in [0.5, 0.6) is 0 Å². The van der Waals surface area contributed by atoms with Gasteiger partial charge in [0.2, 0.25) is 0 Å². The lowest BCUT2D eigenvalue weighted by Crippen LogP contribution is -2.48. The number of nitrogens with zero attached hydrogens (tertiary/aromatic N) is 1. The predicted molar refractivity (Wildman–Crippen MR) is 51.0 cm³/mol. The highest BCUT2D eigenvalue weighted by molar-refractivity contribution is 4.87. The quantitative estimate of drug-likeness (QED) is 0.640. The lowest BCUT2D eigenvalue weighted by atomic mass is 9.90. The molecular formula is C10H20N2. The minimum Gasteiger partial charge on any atom is -0.326 e. The third-order valence-corrected chi connectivity index (χ3v) is 3.39. The van der Waals surface area contributed by atoms with E-state index in [2.05, 4.69) is 4.90 Å². The molecule has 2 unspecified atom stereocenters. The maximum absolute atomic E-state index is 6.12. The van der Waals surface area contributed by atoms with Crippen LogP contribution in [0.25, 0.3) is 0 Å². The molecule has 2 aliphatic rings. The molecule has 0 spiro atoms. The van der Waals surface area contributed by atoms with Crippen LogP contribution >= 0.6 is 0 Å². The Bertz CT molecular complexity index is 141. The van der Waals surface area contributed by atoms with Crippen molar-refractivity contribution in [1.82, 2.24) is 4.90 Å². The molecule has 1 aliphatic heterocycles. The average Bonchev–Trinajstić information content (AvgIpc) is 2.57. The molecule has 1 saturated heterocycles. The van der Waals surface area contributed by atoms with Crippen molar-refractivity contribution in [3.05, 3.63) is 0 Å². The van der Waals surface area contributed by atoms with Gasteiger partial charge < -0.3 is 5.73 Å². The van der Waals surface area contributed by atoms with Crippen LogP contribution in [0.2, 0.25) is 0 Å². The largest absolute Gasteiger partial charge is 0.326 e. The molecule has 0 aromatic carbocycles. The first-order valence-corrected chi connectivity index (χ1v) is 5.37. The monoisotopic (exact) mass is 168 g/mol. The van der Waals surface area contributed by atoms with Crippen molar-refractivity contribution >= 4 is 0 Å². The van der Waals surface area contributed by atoms with E-state index in [1.165, 1.54) is 51.6 Å². The maximum Gasteiger partial charge on any atom is 0.0247 e. The molecule has 0 aromatic heterocycles. The fourth-order valence-corrected chi connectivity index (χ4v) is 2.67. The fraction of sp³-hybridized carbons (Fsp3) is 1.00. The van der Waals surface area contributed by atoms with E-state index >= 15 is 0 Å². The normalized spacial score (nSPS) is 38.8. The highest BCUT2D eigenvalue weighted by Gasteiger charge is 2.28. The van der Waals surface area contributed by atoms with Gasteiger partial charge in [-0.15, -0.1) is 0 Å². The zero-order valence-corrected chi connectivity index (χ0v) is 7.84. The summed E-state index contributed by atoms with van der Waals surface area (Å²) in [6.07, 6.45) is 8.13. The minimum atomic E-state index is 0.469. The molecule has 12 heavy (non-hydrogen) atoms. The Labute approximate surface area is 75.1 Å². The SMILES string of the molecule is NC1CCCCC1N1CCCC1. The summed E-state index contributed by atoms with van der Waals surface area (Å²) in [6, 6.07) is 1.19. The molecule has 2 fully saturated rings. The molecule has 1 heterocycles. The van der Waals surface area contributed by atoms with Gasteiger partial charge in [0, 0.05) is 12.1 Å². The lowest BCUT2D eigenvalue weighted by molar-refractivity contribution is 0.168. The van der Waals surface area contributed by atoms with Crippen LogP contribution in [0.4, 0.5) is 0 Å². The van der Waals surface area contributed by atoms with Crippen LogP contribution in [0, 0.1) is 0 Å². The summed E-state index contributed by atoms with van der Waals surface area (Å²) in [5, 5.41) is 0. The first kappa shape index (κ1) is 8.52. The van der Waals surface area contributed by atoms with Gasteiger partial charge in [0.05, 0.1) is 0 Å². The number of hydrogen-bond acceptors (Lipinski definition) is 2. The van der Waals surface area contributed by atoms with Crippen molar-refractivity contribution in [3.8, 4) is 0 Å². The van der Waals surface area contributed by atoms with Gasteiger partial charge in [0.1, 0.15) is 0 Å². The van der Waals surface area contributed by atoms with Gasteiger partial charge in [-0.1, -0.05) is 12.8 Å². The zero-order chi connectivity index (χ0) is 8.39. The summed E-state index contributed by atoms with van der Waals surface area (Å²) < 4.78 is 0. The van der Waals surface area contributed by atoms with Crippen LogP contribution in [0.3, 0.4) is 0 Å². The molecule has 0 amide bonds. The van der Waals surface area contributed by atoms with Crippen LogP contribution in [-0.4, -0.2) is 30.1 Å². The van der Waals surface area contributed by atoms with Gasteiger partial charge in [-0.05, 0) is 38.8 Å². The second-order valence-corrected chi connectivity index (χ2v) is 4.26. The Hall–Kier alpha value is -0.0800. The second-order valence-electron chi connectivity index (χ2n) is 4.26. The van der Waals surface area contributed by atoms with E-state index in [4.69, 9.17) is 5.73 Å². The van der Waals surface area contributed by atoms with E-state index in [1.807, 2.05) is 0 Å². The van der Waals surface area contributed by atoms with Gasteiger partial charge in [0.15, 0.2) is 0 Å². The van der Waals surface area contributed by atoms with E-state index < -0.39 is 0 Å². The van der Waals surface area contributed by atoms with E-state index in [0.29, 0.717) is 6.04 Å². The summed E-state index contributed by atoms with van der Waals surface area (Å²) in [7, 11) is 0. The van der Waals surface area contributed by atoms with Crippen molar-refractivity contribution < 1.29 is 0 Å². The number of rotatable bonds is 1. The zero-order valence-electron chi connectivity index (χ0n) is 7.84. The molecule has 2 atom stereocenters. The Morgan fingerprint density at radius 1 is 0.917 bits per heavy atom. The molecule has 2 nitrogen and oxygen atoms in total. The van der Waals surface area contributed by atoms with Crippen LogP contribution < -0.4 is 5.73 Å². The Balaban J connectivity index is 1.91. The van der Waals surface area contributed by atoms with Crippen molar-refractivity contribution in [1.29, 1.82) is 0 Å². The molecule has 2 rings (SSSR count). The first-order chi connectivity index (χ1) is 5.88. The summed E-state index contributed by atoms with van der Waals surface area (Å²) in [6.45, 7) is 2.61. The fourth-order valence-electron chi connectivity index (χ4n) is 2.67. The summed E-state index contributed by atoms with van der Waals surface area (Å²) >= 11 is 0. The molecule has 2 N–H and O–H groups in total. The molecule has 2 heteroatoms. The Morgan fingerprint density at radius 3 is 2.25 bits per heavy atom. The van der Waals surface area contributed by atoms with Crippen molar-refractivity contribution in [2.24, 2.45) is 5.73 Å². The summed E-state index contributed by atoms with van der Waals surface area (Å²) in [4.78, 5) is 2.61. The van der Waals surface area contributed by atoms with Gasteiger partial charge in [-0.2, -0.15) is 0 Å². The summed E-state index contributed by atoms with van der Waals surface area (Å²) in [5.41, 5.74) is 6.12. The highest BCUT2D eigenvalue weighted by atomic mass is 15.2. The van der Waals surface area contributed by atoms with E-state index in [0.717, 1.165) is 6.04 Å². The van der Waals surface area contributed by atoms with Crippen molar-refractivity contribution in [2.45, 2.75) is 50.6 Å². The molecule has 0 aromatic rings. The molecule has 70 valence electrons. The predicted octanol–water partition coefficient (Wildman–Crippen LogP) is 1.35.